The van der Waals surface area contributed by atoms with Gasteiger partial charge in [-0.05, 0) is 47.0 Å². The molecule has 0 spiro atoms. The number of urea groups is 1. The van der Waals surface area contributed by atoms with Gasteiger partial charge in [-0.15, -0.1) is 0 Å². The van der Waals surface area contributed by atoms with E-state index in [1.807, 2.05) is 72.8 Å². The lowest BCUT2D eigenvalue weighted by molar-refractivity contribution is 0.251. The number of hydrogen-bond donors (Lipinski definition) is 2. The van der Waals surface area contributed by atoms with Gasteiger partial charge in [-0.2, -0.15) is 0 Å². The second-order valence-electron chi connectivity index (χ2n) is 7.84. The molecule has 174 valence electrons. The molecule has 0 aliphatic heterocycles. The quantitative estimate of drug-likeness (QED) is 0.327. The highest BCUT2D eigenvalue weighted by molar-refractivity contribution is 6.29. The molecular formula is C26H20ClN5O3. The van der Waals surface area contributed by atoms with Gasteiger partial charge in [0.05, 0.1) is 17.8 Å². The van der Waals surface area contributed by atoms with Crippen LogP contribution in [0.2, 0.25) is 5.15 Å². The summed E-state index contributed by atoms with van der Waals surface area (Å²) in [5.74, 6) is -0.479. The summed E-state index contributed by atoms with van der Waals surface area (Å²) in [6, 6.07) is 24.0. The van der Waals surface area contributed by atoms with E-state index in [1.54, 1.807) is 6.07 Å². The van der Waals surface area contributed by atoms with Crippen molar-refractivity contribution in [2.75, 3.05) is 5.32 Å². The predicted octanol–water partition coefficient (Wildman–Crippen LogP) is 5.07. The number of oxazole rings is 1. The second kappa shape index (κ2) is 9.82. The van der Waals surface area contributed by atoms with Gasteiger partial charge in [-0.3, -0.25) is 4.57 Å². The van der Waals surface area contributed by atoms with Crippen molar-refractivity contribution in [1.82, 2.24) is 19.9 Å². The number of amides is 2. The Morgan fingerprint density at radius 3 is 2.49 bits per heavy atom. The summed E-state index contributed by atoms with van der Waals surface area (Å²) in [6.07, 6.45) is 1.36. The Bertz CT molecular complexity index is 1550. The summed E-state index contributed by atoms with van der Waals surface area (Å²) in [5.41, 5.74) is 5.21. The first kappa shape index (κ1) is 22.4. The SMILES string of the molecule is O=C(NCc1ccccc1)Nc1ccc(-c2ccc3c(c2)oc(=O)n3Cc2cc(Cl)ncn2)cc1. The lowest BCUT2D eigenvalue weighted by Crippen LogP contribution is -2.28. The smallest absolute Gasteiger partial charge is 0.408 e. The van der Waals surface area contributed by atoms with E-state index in [4.69, 9.17) is 16.0 Å². The Morgan fingerprint density at radius 2 is 1.71 bits per heavy atom. The Balaban J connectivity index is 1.28. The molecule has 0 unspecified atom stereocenters. The molecule has 2 aromatic heterocycles. The zero-order valence-corrected chi connectivity index (χ0v) is 19.2. The Kier molecular flexibility index (Phi) is 6.28. The highest BCUT2D eigenvalue weighted by atomic mass is 35.5. The van der Waals surface area contributed by atoms with Crippen molar-refractivity contribution in [2.45, 2.75) is 13.1 Å². The van der Waals surface area contributed by atoms with Crippen molar-refractivity contribution in [1.29, 1.82) is 0 Å². The standard InChI is InChI=1S/C26H20ClN5O3/c27-24-13-21(29-16-30-24)15-32-22-11-8-19(12-23(22)35-26(32)34)18-6-9-20(10-7-18)31-25(33)28-14-17-4-2-1-3-5-17/h1-13,16H,14-15H2,(H2,28,31,33). The van der Waals surface area contributed by atoms with Gasteiger partial charge in [-0.25, -0.2) is 19.6 Å². The summed E-state index contributed by atoms with van der Waals surface area (Å²) in [7, 11) is 0. The fourth-order valence-electron chi connectivity index (χ4n) is 3.71. The van der Waals surface area contributed by atoms with Crippen LogP contribution in [0.25, 0.3) is 22.2 Å². The molecule has 0 radical (unpaired) electrons. The lowest BCUT2D eigenvalue weighted by atomic mass is 10.0. The topological polar surface area (TPSA) is 102 Å². The Hall–Kier alpha value is -4.43. The van der Waals surface area contributed by atoms with Gasteiger partial charge < -0.3 is 15.1 Å². The number of fused-ring (bicyclic) bond motifs is 1. The summed E-state index contributed by atoms with van der Waals surface area (Å²) < 4.78 is 6.97. The first-order chi connectivity index (χ1) is 17.0. The van der Waals surface area contributed by atoms with Crippen LogP contribution in [0.5, 0.6) is 0 Å². The van der Waals surface area contributed by atoms with Crippen LogP contribution in [0.1, 0.15) is 11.3 Å². The van der Waals surface area contributed by atoms with Crippen LogP contribution in [0.3, 0.4) is 0 Å². The molecule has 0 fully saturated rings. The average Bonchev–Trinajstić information content (AvgIpc) is 3.18. The minimum absolute atomic E-state index is 0.222. The number of anilines is 1. The van der Waals surface area contributed by atoms with E-state index >= 15 is 0 Å². The van der Waals surface area contributed by atoms with Crippen LogP contribution in [0.15, 0.2) is 94.4 Å². The fraction of sp³-hybridized carbons (Fsp3) is 0.0769. The van der Waals surface area contributed by atoms with E-state index in [0.29, 0.717) is 34.2 Å². The highest BCUT2D eigenvalue weighted by Gasteiger charge is 2.12. The average molecular weight is 486 g/mol. The molecule has 3 aromatic carbocycles. The molecule has 5 rings (SSSR count). The molecule has 0 atom stereocenters. The molecule has 2 N–H and O–H groups in total. The normalized spacial score (nSPS) is 10.9. The van der Waals surface area contributed by atoms with Crippen LogP contribution in [0, 0.1) is 0 Å². The fourth-order valence-corrected chi connectivity index (χ4v) is 3.88. The van der Waals surface area contributed by atoms with Gasteiger partial charge in [0, 0.05) is 12.2 Å². The molecule has 2 heterocycles. The third-order valence-electron chi connectivity index (χ3n) is 5.45. The number of carbonyl (C=O) groups is 1. The summed E-state index contributed by atoms with van der Waals surface area (Å²) in [5, 5.41) is 5.97. The molecule has 2 amide bonds. The molecule has 0 bridgehead atoms. The number of benzene rings is 3. The molecule has 0 saturated carbocycles. The largest absolute Gasteiger partial charge is 0.420 e. The van der Waals surface area contributed by atoms with Crippen molar-refractivity contribution in [2.24, 2.45) is 0 Å². The zero-order valence-electron chi connectivity index (χ0n) is 18.4. The number of rotatable bonds is 6. The van der Waals surface area contributed by atoms with Crippen LogP contribution in [-0.2, 0) is 13.1 Å². The molecule has 0 aliphatic rings. The Labute approximate surface area is 205 Å². The Morgan fingerprint density at radius 1 is 0.943 bits per heavy atom. The first-order valence-electron chi connectivity index (χ1n) is 10.8. The molecule has 5 aromatic rings. The van der Waals surface area contributed by atoms with E-state index in [-0.39, 0.29) is 12.6 Å². The van der Waals surface area contributed by atoms with Gasteiger partial charge >= 0.3 is 11.8 Å². The summed E-state index contributed by atoms with van der Waals surface area (Å²) >= 11 is 5.92. The van der Waals surface area contributed by atoms with Crippen LogP contribution >= 0.6 is 11.6 Å². The number of nitrogens with zero attached hydrogens (tertiary/aromatic N) is 3. The van der Waals surface area contributed by atoms with Crippen molar-refractivity contribution in [3.05, 3.63) is 112 Å². The van der Waals surface area contributed by atoms with Crippen LogP contribution < -0.4 is 16.4 Å². The van der Waals surface area contributed by atoms with Crippen molar-refractivity contribution in [3.63, 3.8) is 0 Å². The van der Waals surface area contributed by atoms with Crippen molar-refractivity contribution in [3.8, 4) is 11.1 Å². The van der Waals surface area contributed by atoms with Crippen LogP contribution in [0.4, 0.5) is 10.5 Å². The van der Waals surface area contributed by atoms with E-state index in [9.17, 15) is 9.59 Å². The summed E-state index contributed by atoms with van der Waals surface area (Å²) in [6.45, 7) is 0.667. The lowest BCUT2D eigenvalue weighted by Gasteiger charge is -2.09. The number of halogens is 1. The molecule has 0 aliphatic carbocycles. The van der Waals surface area contributed by atoms with Gasteiger partial charge in [0.25, 0.3) is 0 Å². The second-order valence-corrected chi connectivity index (χ2v) is 8.23. The van der Waals surface area contributed by atoms with Crippen LogP contribution in [-0.4, -0.2) is 20.6 Å². The minimum Gasteiger partial charge on any atom is -0.408 e. The van der Waals surface area contributed by atoms with Gasteiger partial charge in [0.15, 0.2) is 5.58 Å². The van der Waals surface area contributed by atoms with Crippen molar-refractivity contribution < 1.29 is 9.21 Å². The van der Waals surface area contributed by atoms with Gasteiger partial charge in [0.2, 0.25) is 0 Å². The number of carbonyl (C=O) groups excluding carboxylic acids is 1. The van der Waals surface area contributed by atoms with Crippen molar-refractivity contribution >= 4 is 34.4 Å². The van der Waals surface area contributed by atoms with Gasteiger partial charge in [-0.1, -0.05) is 60.1 Å². The molecule has 8 nitrogen and oxygen atoms in total. The molecular weight excluding hydrogens is 466 g/mol. The predicted molar refractivity (Wildman–Crippen MR) is 134 cm³/mol. The maximum atomic E-state index is 12.4. The monoisotopic (exact) mass is 485 g/mol. The third-order valence-corrected chi connectivity index (χ3v) is 5.66. The highest BCUT2D eigenvalue weighted by Crippen LogP contribution is 2.26. The number of nitrogens with one attached hydrogen (secondary N) is 2. The van der Waals surface area contributed by atoms with E-state index in [0.717, 1.165) is 16.7 Å². The van der Waals surface area contributed by atoms with E-state index in [1.165, 1.54) is 10.9 Å². The van der Waals surface area contributed by atoms with E-state index in [2.05, 4.69) is 20.6 Å². The third kappa shape index (κ3) is 5.23. The molecule has 35 heavy (non-hydrogen) atoms. The van der Waals surface area contributed by atoms with Gasteiger partial charge in [0.1, 0.15) is 11.5 Å². The first-order valence-corrected chi connectivity index (χ1v) is 11.2. The van der Waals surface area contributed by atoms with E-state index < -0.39 is 5.76 Å². The molecule has 9 heteroatoms. The zero-order chi connectivity index (χ0) is 24.2. The molecule has 0 saturated heterocycles. The number of aromatic nitrogens is 3. The minimum atomic E-state index is -0.479. The number of hydrogen-bond acceptors (Lipinski definition) is 5. The maximum absolute atomic E-state index is 12.4. The maximum Gasteiger partial charge on any atom is 0.420 e. The summed E-state index contributed by atoms with van der Waals surface area (Å²) in [4.78, 5) is 32.6.